The van der Waals surface area contributed by atoms with Gasteiger partial charge in [-0.15, -0.1) is 0 Å². The number of nitrogens with two attached hydrogens (primary N) is 1. The third-order valence-corrected chi connectivity index (χ3v) is 6.39. The van der Waals surface area contributed by atoms with Crippen LogP contribution in [0.4, 0.5) is 5.69 Å². The fourth-order valence-electron chi connectivity index (χ4n) is 4.61. The molecule has 2 N–H and O–H groups in total. The smallest absolute Gasteiger partial charge is 0.303 e. The molecular weight excluding hydrogens is 534 g/mol. The van der Waals surface area contributed by atoms with E-state index < -0.39 is 54.6 Å². The Morgan fingerprint density at radius 3 is 1.93 bits per heavy atom. The van der Waals surface area contributed by atoms with Crippen molar-refractivity contribution in [2.45, 2.75) is 85.1 Å². The molecule has 11 heteroatoms. The van der Waals surface area contributed by atoms with Gasteiger partial charge in [0.1, 0.15) is 18.5 Å². The highest BCUT2D eigenvalue weighted by Gasteiger charge is 2.53. The molecule has 0 radical (unpaired) electrons. The van der Waals surface area contributed by atoms with Crippen molar-refractivity contribution in [1.29, 1.82) is 0 Å². The number of rotatable bonds is 10. The molecule has 0 spiro atoms. The van der Waals surface area contributed by atoms with E-state index in [9.17, 15) is 19.2 Å². The van der Waals surface area contributed by atoms with E-state index in [1.165, 1.54) is 19.4 Å². The summed E-state index contributed by atoms with van der Waals surface area (Å²) in [5, 5.41) is 0. The summed E-state index contributed by atoms with van der Waals surface area (Å²) in [6.45, 7) is 8.26. The predicted molar refractivity (Wildman–Crippen MR) is 147 cm³/mol. The third kappa shape index (κ3) is 8.68. The zero-order chi connectivity index (χ0) is 30.3. The van der Waals surface area contributed by atoms with Gasteiger partial charge in [0.15, 0.2) is 12.2 Å². The molecule has 0 aromatic heterocycles. The van der Waals surface area contributed by atoms with Crippen LogP contribution in [0.15, 0.2) is 36.4 Å². The lowest BCUT2D eigenvalue weighted by Crippen LogP contribution is -2.63. The van der Waals surface area contributed by atoms with Gasteiger partial charge in [-0.1, -0.05) is 31.2 Å². The summed E-state index contributed by atoms with van der Waals surface area (Å²) >= 11 is 0. The first-order valence-electron chi connectivity index (χ1n) is 13.3. The number of ether oxygens (including phenoxy) is 6. The van der Waals surface area contributed by atoms with E-state index in [1.807, 2.05) is 37.3 Å². The van der Waals surface area contributed by atoms with Crippen molar-refractivity contribution < 1.29 is 47.6 Å². The molecule has 5 atom stereocenters. The number of esters is 4. The Labute approximate surface area is 239 Å². The van der Waals surface area contributed by atoms with Gasteiger partial charge >= 0.3 is 23.9 Å². The summed E-state index contributed by atoms with van der Waals surface area (Å²) in [5.41, 5.74) is 10.6. The number of anilines is 1. The molecule has 1 aliphatic heterocycles. The van der Waals surface area contributed by atoms with E-state index in [1.54, 1.807) is 6.07 Å². The van der Waals surface area contributed by atoms with E-state index in [0.29, 0.717) is 23.4 Å². The minimum atomic E-state index is -1.36. The second kappa shape index (κ2) is 14.0. The molecule has 1 aliphatic rings. The molecule has 2 aromatic carbocycles. The van der Waals surface area contributed by atoms with Gasteiger partial charge in [0.2, 0.25) is 12.4 Å². The van der Waals surface area contributed by atoms with Crippen molar-refractivity contribution in [3.63, 3.8) is 0 Å². The standard InChI is InChI=1S/C30H37NO10/c1-7-21-8-10-22(11-9-21)14-23-24(31)12-16(2)13-25(23)40-30-29(39-20(6)35)28(38-19(5)34)27(37-18(4)33)26(41-30)15-36-17(3)32/h8-13,26-30H,7,14-15,31H2,1-6H3/t26-,27-,28+,29-,30-/m1/s1. The number of carbonyl (C=O) groups excluding carboxylic acids is 4. The molecule has 41 heavy (non-hydrogen) atoms. The molecule has 0 amide bonds. The van der Waals surface area contributed by atoms with Crippen LogP contribution in [-0.2, 0) is 55.7 Å². The third-order valence-electron chi connectivity index (χ3n) is 6.39. The molecule has 3 rings (SSSR count). The van der Waals surface area contributed by atoms with Crippen LogP contribution < -0.4 is 10.5 Å². The van der Waals surface area contributed by atoms with Gasteiger partial charge in [0.25, 0.3) is 0 Å². The highest BCUT2D eigenvalue weighted by molar-refractivity contribution is 5.69. The summed E-state index contributed by atoms with van der Waals surface area (Å²) < 4.78 is 34.0. The summed E-state index contributed by atoms with van der Waals surface area (Å²) in [6, 6.07) is 11.7. The van der Waals surface area contributed by atoms with Crippen molar-refractivity contribution in [2.75, 3.05) is 12.3 Å². The van der Waals surface area contributed by atoms with Crippen LogP contribution in [0.2, 0.25) is 0 Å². The highest BCUT2D eigenvalue weighted by atomic mass is 16.7. The maximum absolute atomic E-state index is 12.2. The molecule has 1 saturated heterocycles. The SMILES string of the molecule is CCc1ccc(Cc2c(N)cc(C)cc2O[C@@H]2O[C@H](COC(C)=O)[C@@H](OC(C)=O)[C@H](OC(C)=O)[C@H]2OC(C)=O)cc1. The van der Waals surface area contributed by atoms with Crippen molar-refractivity contribution >= 4 is 29.6 Å². The number of nitrogen functional groups attached to an aromatic ring is 1. The summed E-state index contributed by atoms with van der Waals surface area (Å²) in [5.74, 6) is -2.42. The van der Waals surface area contributed by atoms with Gasteiger partial charge in [-0.25, -0.2) is 0 Å². The Hall–Kier alpha value is -4.12. The van der Waals surface area contributed by atoms with E-state index in [-0.39, 0.29) is 6.61 Å². The Morgan fingerprint density at radius 2 is 1.37 bits per heavy atom. The van der Waals surface area contributed by atoms with Gasteiger partial charge in [-0.3, -0.25) is 19.2 Å². The van der Waals surface area contributed by atoms with Crippen molar-refractivity contribution in [2.24, 2.45) is 0 Å². The normalized spacial score (nSPS) is 21.9. The summed E-state index contributed by atoms with van der Waals surface area (Å²) in [7, 11) is 0. The zero-order valence-electron chi connectivity index (χ0n) is 24.1. The molecule has 0 unspecified atom stereocenters. The second-order valence-electron chi connectivity index (χ2n) is 9.86. The average molecular weight is 572 g/mol. The van der Waals surface area contributed by atoms with Crippen molar-refractivity contribution in [3.8, 4) is 5.75 Å². The molecule has 2 aromatic rings. The number of carbonyl (C=O) groups is 4. The largest absolute Gasteiger partial charge is 0.463 e. The van der Waals surface area contributed by atoms with Gasteiger partial charge in [0, 0.05) is 45.4 Å². The minimum absolute atomic E-state index is 0.350. The molecule has 0 saturated carbocycles. The fourth-order valence-corrected chi connectivity index (χ4v) is 4.61. The van der Waals surface area contributed by atoms with Crippen molar-refractivity contribution in [3.05, 3.63) is 58.7 Å². The Kier molecular flexibility index (Phi) is 10.7. The summed E-state index contributed by atoms with van der Waals surface area (Å²) in [4.78, 5) is 47.9. The van der Waals surface area contributed by atoms with Crippen LogP contribution in [0.25, 0.3) is 0 Å². The van der Waals surface area contributed by atoms with E-state index >= 15 is 0 Å². The van der Waals surface area contributed by atoms with Crippen LogP contribution >= 0.6 is 0 Å². The zero-order valence-corrected chi connectivity index (χ0v) is 24.1. The Bertz CT molecular complexity index is 1260. The number of aryl methyl sites for hydroxylation is 2. The first-order chi connectivity index (χ1) is 19.4. The number of benzene rings is 2. The lowest BCUT2D eigenvalue weighted by atomic mass is 9.97. The Morgan fingerprint density at radius 1 is 0.805 bits per heavy atom. The second-order valence-corrected chi connectivity index (χ2v) is 9.86. The number of hydrogen-bond donors (Lipinski definition) is 1. The molecule has 1 fully saturated rings. The summed E-state index contributed by atoms with van der Waals surface area (Å²) in [6.07, 6.45) is -5.13. The topological polar surface area (TPSA) is 150 Å². The van der Waals surface area contributed by atoms with Crippen LogP contribution in [-0.4, -0.2) is 61.2 Å². The maximum Gasteiger partial charge on any atom is 0.303 e. The molecule has 1 heterocycles. The highest BCUT2D eigenvalue weighted by Crippen LogP contribution is 2.35. The predicted octanol–water partition coefficient (Wildman–Crippen LogP) is 3.19. The van der Waals surface area contributed by atoms with Crippen molar-refractivity contribution in [1.82, 2.24) is 0 Å². The minimum Gasteiger partial charge on any atom is -0.463 e. The van der Waals surface area contributed by atoms with Crippen LogP contribution in [0, 0.1) is 6.92 Å². The van der Waals surface area contributed by atoms with Crippen LogP contribution in [0.3, 0.4) is 0 Å². The van der Waals surface area contributed by atoms with Gasteiger partial charge in [-0.2, -0.15) is 0 Å². The number of hydrogen-bond acceptors (Lipinski definition) is 11. The molecular formula is C30H37NO10. The molecule has 0 aliphatic carbocycles. The lowest BCUT2D eigenvalue weighted by molar-refractivity contribution is -0.288. The van der Waals surface area contributed by atoms with E-state index in [2.05, 4.69) is 6.92 Å². The van der Waals surface area contributed by atoms with Gasteiger partial charge in [0.05, 0.1) is 0 Å². The van der Waals surface area contributed by atoms with E-state index in [0.717, 1.165) is 31.4 Å². The van der Waals surface area contributed by atoms with Crippen LogP contribution in [0.1, 0.15) is 56.9 Å². The molecule has 0 bridgehead atoms. The Balaban J connectivity index is 2.06. The lowest BCUT2D eigenvalue weighted by Gasteiger charge is -2.44. The molecule has 222 valence electrons. The van der Waals surface area contributed by atoms with Gasteiger partial charge < -0.3 is 34.2 Å². The first kappa shape index (κ1) is 31.4. The monoisotopic (exact) mass is 571 g/mol. The fraction of sp³-hybridized carbons (Fsp3) is 0.467. The molecule has 11 nitrogen and oxygen atoms in total. The van der Waals surface area contributed by atoms with Gasteiger partial charge in [-0.05, 0) is 42.2 Å². The first-order valence-corrected chi connectivity index (χ1v) is 13.3. The average Bonchev–Trinajstić information content (AvgIpc) is 2.88. The quantitative estimate of drug-likeness (QED) is 0.254. The maximum atomic E-state index is 12.2. The van der Waals surface area contributed by atoms with Crippen LogP contribution in [0.5, 0.6) is 5.75 Å². The van der Waals surface area contributed by atoms with E-state index in [4.69, 9.17) is 34.2 Å².